The molecule has 0 bridgehead atoms. The fourth-order valence-corrected chi connectivity index (χ4v) is 3.72. The highest BCUT2D eigenvalue weighted by molar-refractivity contribution is 14.0. The van der Waals surface area contributed by atoms with Crippen molar-refractivity contribution < 1.29 is 4.74 Å². The molecular formula is C19H39IN4O. The van der Waals surface area contributed by atoms with E-state index in [1.807, 2.05) is 7.05 Å². The van der Waals surface area contributed by atoms with Crippen molar-refractivity contribution in [1.82, 2.24) is 15.5 Å². The molecule has 1 aliphatic carbocycles. The third-order valence-electron chi connectivity index (χ3n) is 5.13. The van der Waals surface area contributed by atoms with Crippen LogP contribution in [0.4, 0.5) is 0 Å². The molecule has 1 atom stereocenters. The Balaban J connectivity index is 0.00000312. The van der Waals surface area contributed by atoms with E-state index < -0.39 is 0 Å². The minimum atomic E-state index is 0. The van der Waals surface area contributed by atoms with Crippen LogP contribution in [0.1, 0.15) is 58.3 Å². The smallest absolute Gasteiger partial charge is 0.190 e. The van der Waals surface area contributed by atoms with Crippen LogP contribution in [0.5, 0.6) is 0 Å². The standard InChI is InChI=1S/C19H38N4O.HI/c1-17(16-23-12-6-7-13-23)15-22-19(20-2)21-11-8-14-24-18-9-4-3-5-10-18;/h17-18H,3-16H2,1-2H3,(H2,20,21,22);1H. The van der Waals surface area contributed by atoms with Gasteiger partial charge in [0.05, 0.1) is 6.10 Å². The average Bonchev–Trinajstić information content (AvgIpc) is 3.11. The summed E-state index contributed by atoms with van der Waals surface area (Å²) >= 11 is 0. The first-order chi connectivity index (χ1) is 11.8. The number of nitrogens with zero attached hydrogens (tertiary/aromatic N) is 2. The van der Waals surface area contributed by atoms with Gasteiger partial charge in [-0.3, -0.25) is 4.99 Å². The minimum Gasteiger partial charge on any atom is -0.378 e. The molecule has 2 rings (SSSR count). The molecule has 2 N–H and O–H groups in total. The molecule has 0 aromatic carbocycles. The molecule has 0 radical (unpaired) electrons. The lowest BCUT2D eigenvalue weighted by atomic mass is 9.98. The number of likely N-dealkylation sites (tertiary alicyclic amines) is 1. The molecule has 1 aliphatic heterocycles. The Hall–Kier alpha value is -0.0800. The molecule has 1 saturated carbocycles. The van der Waals surface area contributed by atoms with Gasteiger partial charge in [0.2, 0.25) is 0 Å². The van der Waals surface area contributed by atoms with E-state index in [1.54, 1.807) is 0 Å². The van der Waals surface area contributed by atoms with E-state index in [9.17, 15) is 0 Å². The van der Waals surface area contributed by atoms with Crippen LogP contribution in [-0.2, 0) is 4.74 Å². The molecule has 0 aromatic heterocycles. The Morgan fingerprint density at radius 2 is 1.84 bits per heavy atom. The second-order valence-electron chi connectivity index (χ2n) is 7.48. The summed E-state index contributed by atoms with van der Waals surface area (Å²) in [5.41, 5.74) is 0. The van der Waals surface area contributed by atoms with E-state index in [4.69, 9.17) is 4.74 Å². The number of hydrogen-bond donors (Lipinski definition) is 2. The lowest BCUT2D eigenvalue weighted by molar-refractivity contribution is 0.0277. The third-order valence-corrected chi connectivity index (χ3v) is 5.13. The topological polar surface area (TPSA) is 48.9 Å². The van der Waals surface area contributed by atoms with Crippen LogP contribution in [0.15, 0.2) is 4.99 Å². The molecule has 1 heterocycles. The molecule has 0 amide bonds. The zero-order valence-electron chi connectivity index (χ0n) is 16.3. The highest BCUT2D eigenvalue weighted by Crippen LogP contribution is 2.20. The van der Waals surface area contributed by atoms with E-state index in [-0.39, 0.29) is 24.0 Å². The number of rotatable bonds is 9. The van der Waals surface area contributed by atoms with Crippen LogP contribution in [-0.4, -0.2) is 63.3 Å². The summed E-state index contributed by atoms with van der Waals surface area (Å²) in [6.45, 7) is 8.83. The second kappa shape index (κ2) is 14.0. The van der Waals surface area contributed by atoms with Crippen molar-refractivity contribution in [1.29, 1.82) is 0 Å². The Bertz CT molecular complexity index is 355. The predicted octanol–water partition coefficient (Wildman–Crippen LogP) is 3.24. The summed E-state index contributed by atoms with van der Waals surface area (Å²) in [6.07, 6.45) is 10.9. The van der Waals surface area contributed by atoms with Gasteiger partial charge in [-0.05, 0) is 51.1 Å². The Morgan fingerprint density at radius 3 is 2.52 bits per heavy atom. The minimum absolute atomic E-state index is 0. The maximum atomic E-state index is 5.97. The zero-order chi connectivity index (χ0) is 17.0. The van der Waals surface area contributed by atoms with Gasteiger partial charge in [0.1, 0.15) is 0 Å². The van der Waals surface area contributed by atoms with Gasteiger partial charge in [-0.15, -0.1) is 24.0 Å². The van der Waals surface area contributed by atoms with Crippen LogP contribution in [0.25, 0.3) is 0 Å². The van der Waals surface area contributed by atoms with Crippen molar-refractivity contribution in [2.24, 2.45) is 10.9 Å². The van der Waals surface area contributed by atoms with Crippen LogP contribution < -0.4 is 10.6 Å². The van der Waals surface area contributed by atoms with E-state index in [0.717, 1.165) is 32.1 Å². The highest BCUT2D eigenvalue weighted by atomic mass is 127. The first kappa shape index (κ1) is 23.0. The molecule has 5 nitrogen and oxygen atoms in total. The monoisotopic (exact) mass is 466 g/mol. The van der Waals surface area contributed by atoms with Crippen LogP contribution in [0, 0.1) is 5.92 Å². The molecular weight excluding hydrogens is 427 g/mol. The van der Waals surface area contributed by atoms with Crippen molar-refractivity contribution in [3.05, 3.63) is 0 Å². The largest absolute Gasteiger partial charge is 0.378 e. The van der Waals surface area contributed by atoms with E-state index >= 15 is 0 Å². The lowest BCUT2D eigenvalue weighted by Gasteiger charge is -2.22. The molecule has 0 spiro atoms. The second-order valence-corrected chi connectivity index (χ2v) is 7.48. The summed E-state index contributed by atoms with van der Waals surface area (Å²) in [7, 11) is 1.85. The summed E-state index contributed by atoms with van der Waals surface area (Å²) < 4.78 is 5.97. The van der Waals surface area contributed by atoms with Gasteiger partial charge < -0.3 is 20.3 Å². The van der Waals surface area contributed by atoms with Crippen LogP contribution >= 0.6 is 24.0 Å². The summed E-state index contributed by atoms with van der Waals surface area (Å²) in [6, 6.07) is 0. The van der Waals surface area contributed by atoms with Gasteiger partial charge in [0, 0.05) is 33.3 Å². The van der Waals surface area contributed by atoms with Gasteiger partial charge in [-0.1, -0.05) is 26.2 Å². The molecule has 2 aliphatic rings. The van der Waals surface area contributed by atoms with Gasteiger partial charge in [-0.25, -0.2) is 0 Å². The predicted molar refractivity (Wildman–Crippen MR) is 117 cm³/mol. The normalized spacial score (nSPS) is 21.0. The molecule has 0 aromatic rings. The van der Waals surface area contributed by atoms with E-state index in [1.165, 1.54) is 64.6 Å². The number of aliphatic imine (C=N–C) groups is 1. The number of guanidine groups is 1. The Labute approximate surface area is 171 Å². The van der Waals surface area contributed by atoms with Crippen molar-refractivity contribution in [2.45, 2.75) is 64.4 Å². The van der Waals surface area contributed by atoms with Crippen molar-refractivity contribution in [3.8, 4) is 0 Å². The van der Waals surface area contributed by atoms with Crippen molar-refractivity contribution in [3.63, 3.8) is 0 Å². The molecule has 25 heavy (non-hydrogen) atoms. The number of ether oxygens (including phenoxy) is 1. The first-order valence-electron chi connectivity index (χ1n) is 10.1. The summed E-state index contributed by atoms with van der Waals surface area (Å²) in [5.74, 6) is 1.57. The lowest BCUT2D eigenvalue weighted by Crippen LogP contribution is -2.41. The maximum absolute atomic E-state index is 5.97. The average molecular weight is 466 g/mol. The first-order valence-corrected chi connectivity index (χ1v) is 10.1. The fraction of sp³-hybridized carbons (Fsp3) is 0.947. The van der Waals surface area contributed by atoms with Gasteiger partial charge >= 0.3 is 0 Å². The van der Waals surface area contributed by atoms with Gasteiger partial charge in [0.15, 0.2) is 5.96 Å². The van der Waals surface area contributed by atoms with Gasteiger partial charge in [0.25, 0.3) is 0 Å². The SMILES string of the molecule is CN=C(NCCCOC1CCCCC1)NCC(C)CN1CCCC1.I. The van der Waals surface area contributed by atoms with E-state index in [0.29, 0.717) is 12.0 Å². The number of halogens is 1. The molecule has 1 unspecified atom stereocenters. The fourth-order valence-electron chi connectivity index (χ4n) is 3.72. The molecule has 6 heteroatoms. The number of nitrogens with one attached hydrogen (secondary N) is 2. The van der Waals surface area contributed by atoms with Crippen molar-refractivity contribution in [2.75, 3.05) is 46.4 Å². The molecule has 1 saturated heterocycles. The van der Waals surface area contributed by atoms with E-state index in [2.05, 4.69) is 27.4 Å². The Kier molecular flexibility index (Phi) is 12.9. The zero-order valence-corrected chi connectivity index (χ0v) is 18.6. The van der Waals surface area contributed by atoms with Crippen LogP contribution in [0.2, 0.25) is 0 Å². The highest BCUT2D eigenvalue weighted by Gasteiger charge is 2.15. The maximum Gasteiger partial charge on any atom is 0.190 e. The summed E-state index contributed by atoms with van der Waals surface area (Å²) in [5, 5.41) is 6.86. The van der Waals surface area contributed by atoms with Gasteiger partial charge in [-0.2, -0.15) is 0 Å². The van der Waals surface area contributed by atoms with Crippen LogP contribution in [0.3, 0.4) is 0 Å². The molecule has 2 fully saturated rings. The molecule has 148 valence electrons. The number of hydrogen-bond acceptors (Lipinski definition) is 3. The Morgan fingerprint density at radius 1 is 1.12 bits per heavy atom. The third kappa shape index (κ3) is 9.99. The summed E-state index contributed by atoms with van der Waals surface area (Å²) in [4.78, 5) is 6.89. The quantitative estimate of drug-likeness (QED) is 0.237. The van der Waals surface area contributed by atoms with Crippen molar-refractivity contribution >= 4 is 29.9 Å².